The zero-order valence-electron chi connectivity index (χ0n) is 19.5. The highest BCUT2D eigenvalue weighted by atomic mass is 32.2. The van der Waals surface area contributed by atoms with Crippen LogP contribution in [0.25, 0.3) is 10.2 Å². The van der Waals surface area contributed by atoms with Gasteiger partial charge >= 0.3 is 5.97 Å². The number of hydrogen-bond acceptors (Lipinski definition) is 8. The van der Waals surface area contributed by atoms with Gasteiger partial charge in [0.25, 0.3) is 5.56 Å². The molecule has 10 heteroatoms. The largest absolute Gasteiger partial charge is 0.462 e. The third kappa shape index (κ3) is 4.71. The van der Waals surface area contributed by atoms with Gasteiger partial charge in [0.05, 0.1) is 23.3 Å². The number of carbonyl (C=O) groups is 2. The smallest absolute Gasteiger partial charge is 0.341 e. The number of anilines is 1. The Kier molecular flexibility index (Phi) is 7.59. The van der Waals surface area contributed by atoms with Crippen molar-refractivity contribution >= 4 is 61.5 Å². The number of thiophene rings is 2. The molecule has 1 aliphatic carbocycles. The van der Waals surface area contributed by atoms with Gasteiger partial charge in [-0.25, -0.2) is 9.78 Å². The topological polar surface area (TPSA) is 90.3 Å². The van der Waals surface area contributed by atoms with E-state index in [-0.39, 0.29) is 29.8 Å². The van der Waals surface area contributed by atoms with Crippen LogP contribution in [0.5, 0.6) is 0 Å². The van der Waals surface area contributed by atoms with Gasteiger partial charge < -0.3 is 10.1 Å². The number of hydrogen-bond donors (Lipinski definition) is 1. The molecule has 0 unspecified atom stereocenters. The van der Waals surface area contributed by atoms with Crippen LogP contribution in [0.3, 0.4) is 0 Å². The minimum atomic E-state index is -0.389. The van der Waals surface area contributed by atoms with Crippen LogP contribution >= 0.6 is 34.4 Å². The summed E-state index contributed by atoms with van der Waals surface area (Å²) in [5, 5.41) is 4.57. The number of rotatable bonds is 8. The van der Waals surface area contributed by atoms with Gasteiger partial charge in [0.15, 0.2) is 5.16 Å². The highest BCUT2D eigenvalue weighted by molar-refractivity contribution is 7.99. The number of allylic oxidation sites excluding steroid dienone is 1. The molecule has 3 heterocycles. The highest BCUT2D eigenvalue weighted by Crippen LogP contribution is 2.38. The Labute approximate surface area is 210 Å². The molecule has 0 atom stereocenters. The Morgan fingerprint density at radius 2 is 2.03 bits per heavy atom. The fourth-order valence-corrected chi connectivity index (χ4v) is 7.25. The fraction of sp³-hybridized carbons (Fsp3) is 0.417. The number of esters is 1. The maximum absolute atomic E-state index is 13.1. The molecule has 0 fully saturated rings. The number of aryl methyl sites for hydroxylation is 3. The summed E-state index contributed by atoms with van der Waals surface area (Å²) in [5.74, 6) is -0.587. The molecule has 0 aromatic carbocycles. The molecular weight excluding hydrogens is 490 g/mol. The molecule has 0 radical (unpaired) electrons. The summed E-state index contributed by atoms with van der Waals surface area (Å²) >= 11 is 4.15. The molecule has 180 valence electrons. The molecule has 0 saturated heterocycles. The number of nitrogens with one attached hydrogen (secondary N) is 1. The van der Waals surface area contributed by atoms with Gasteiger partial charge in [-0.05, 0) is 57.6 Å². The Morgan fingerprint density at radius 1 is 1.26 bits per heavy atom. The second-order valence-corrected chi connectivity index (χ2v) is 11.3. The van der Waals surface area contributed by atoms with Gasteiger partial charge in [-0.2, -0.15) is 0 Å². The third-order valence-corrected chi connectivity index (χ3v) is 9.09. The van der Waals surface area contributed by atoms with Crippen molar-refractivity contribution < 1.29 is 14.3 Å². The molecule has 1 aliphatic rings. The summed E-state index contributed by atoms with van der Waals surface area (Å²) in [6.07, 6.45) is 5.48. The van der Waals surface area contributed by atoms with Gasteiger partial charge in [0.1, 0.15) is 9.83 Å². The Balaban J connectivity index is 1.58. The number of nitrogens with zero attached hydrogens (tertiary/aromatic N) is 2. The first kappa shape index (κ1) is 24.7. The lowest BCUT2D eigenvalue weighted by Crippen LogP contribution is -2.23. The summed E-state index contributed by atoms with van der Waals surface area (Å²) in [6, 6.07) is 0. The van der Waals surface area contributed by atoms with E-state index in [2.05, 4.69) is 16.9 Å². The minimum absolute atomic E-state index is 0.0588. The van der Waals surface area contributed by atoms with Crippen LogP contribution in [0.15, 0.2) is 22.6 Å². The van der Waals surface area contributed by atoms with E-state index in [1.165, 1.54) is 34.4 Å². The van der Waals surface area contributed by atoms with Crippen LogP contribution in [-0.4, -0.2) is 33.8 Å². The lowest BCUT2D eigenvalue weighted by atomic mass is 9.95. The lowest BCUT2D eigenvalue weighted by Gasteiger charge is -2.12. The van der Waals surface area contributed by atoms with Crippen molar-refractivity contribution in [3.8, 4) is 0 Å². The zero-order valence-corrected chi connectivity index (χ0v) is 21.9. The van der Waals surface area contributed by atoms with E-state index < -0.39 is 0 Å². The van der Waals surface area contributed by atoms with Crippen LogP contribution in [-0.2, 0) is 28.9 Å². The maximum Gasteiger partial charge on any atom is 0.341 e. The van der Waals surface area contributed by atoms with E-state index in [0.717, 1.165) is 46.6 Å². The molecule has 3 aromatic rings. The van der Waals surface area contributed by atoms with Crippen molar-refractivity contribution in [2.45, 2.75) is 58.2 Å². The number of fused-ring (bicyclic) bond motifs is 2. The van der Waals surface area contributed by atoms with Crippen LogP contribution in [0.4, 0.5) is 5.00 Å². The molecular formula is C24H27N3O4S3. The highest BCUT2D eigenvalue weighted by Gasteiger charge is 2.27. The lowest BCUT2D eigenvalue weighted by molar-refractivity contribution is -0.113. The van der Waals surface area contributed by atoms with Crippen molar-refractivity contribution in [1.82, 2.24) is 9.55 Å². The summed E-state index contributed by atoms with van der Waals surface area (Å²) in [4.78, 5) is 46.2. The maximum atomic E-state index is 13.1. The first-order valence-corrected chi connectivity index (χ1v) is 13.8. The number of carbonyl (C=O) groups excluding carboxylic acids is 2. The predicted molar refractivity (Wildman–Crippen MR) is 140 cm³/mol. The predicted octanol–water partition coefficient (Wildman–Crippen LogP) is 5.11. The minimum Gasteiger partial charge on any atom is -0.462 e. The van der Waals surface area contributed by atoms with Gasteiger partial charge in [-0.1, -0.05) is 17.8 Å². The van der Waals surface area contributed by atoms with Crippen molar-refractivity contribution in [2.24, 2.45) is 0 Å². The Morgan fingerprint density at radius 3 is 2.76 bits per heavy atom. The van der Waals surface area contributed by atoms with E-state index >= 15 is 0 Å². The van der Waals surface area contributed by atoms with Crippen LogP contribution in [0.1, 0.15) is 51.0 Å². The first-order valence-electron chi connectivity index (χ1n) is 11.2. The van der Waals surface area contributed by atoms with Crippen molar-refractivity contribution in [3.63, 3.8) is 0 Å². The normalized spacial score (nSPS) is 13.0. The van der Waals surface area contributed by atoms with Crippen molar-refractivity contribution in [1.29, 1.82) is 0 Å². The zero-order chi connectivity index (χ0) is 24.4. The summed E-state index contributed by atoms with van der Waals surface area (Å²) in [7, 11) is 0. The standard InChI is InChI=1S/C24H27N3O4S3/c1-5-11-27-22(29)18-13(3)14(4)33-20(18)26-24(27)32-12-17(28)25-21-19(23(30)31-6-2)15-9-7-8-10-16(15)34-21/h5H,1,6-12H2,2-4H3,(H,25,28). The second kappa shape index (κ2) is 10.5. The molecule has 1 amide bonds. The van der Waals surface area contributed by atoms with Crippen LogP contribution in [0.2, 0.25) is 0 Å². The van der Waals surface area contributed by atoms with Crippen molar-refractivity contribution in [3.05, 3.63) is 49.5 Å². The fourth-order valence-electron chi connectivity index (χ4n) is 4.07. The molecule has 1 N–H and O–H groups in total. The first-order chi connectivity index (χ1) is 16.3. The summed E-state index contributed by atoms with van der Waals surface area (Å²) in [5.41, 5.74) is 2.32. The van der Waals surface area contributed by atoms with Gasteiger partial charge in [-0.3, -0.25) is 14.2 Å². The van der Waals surface area contributed by atoms with Gasteiger partial charge in [-0.15, -0.1) is 29.3 Å². The van der Waals surface area contributed by atoms with E-state index in [9.17, 15) is 14.4 Å². The van der Waals surface area contributed by atoms with E-state index in [0.29, 0.717) is 32.5 Å². The summed E-state index contributed by atoms with van der Waals surface area (Å²) in [6.45, 7) is 10.0. The van der Waals surface area contributed by atoms with Crippen molar-refractivity contribution in [2.75, 3.05) is 17.7 Å². The molecule has 0 saturated carbocycles. The quantitative estimate of drug-likeness (QED) is 0.193. The van der Waals surface area contributed by atoms with Gasteiger partial charge in [0.2, 0.25) is 5.91 Å². The average Bonchev–Trinajstić information content (AvgIpc) is 3.31. The molecule has 3 aromatic heterocycles. The molecule has 0 spiro atoms. The Bertz CT molecular complexity index is 1340. The molecule has 0 bridgehead atoms. The van der Waals surface area contributed by atoms with Gasteiger partial charge in [0, 0.05) is 16.3 Å². The SMILES string of the molecule is C=CCn1c(SCC(=O)Nc2sc3c(c2C(=O)OCC)CCCC3)nc2sc(C)c(C)c2c1=O. The Hall–Kier alpha value is -2.43. The van der Waals surface area contributed by atoms with E-state index in [1.807, 2.05) is 13.8 Å². The van der Waals surface area contributed by atoms with Crippen LogP contribution < -0.4 is 10.9 Å². The number of thioether (sulfide) groups is 1. The molecule has 7 nitrogen and oxygen atoms in total. The average molecular weight is 518 g/mol. The molecule has 4 rings (SSSR count). The number of ether oxygens (including phenoxy) is 1. The third-order valence-electron chi connectivity index (χ3n) is 5.80. The molecule has 0 aliphatic heterocycles. The number of amides is 1. The monoisotopic (exact) mass is 517 g/mol. The number of aromatic nitrogens is 2. The molecule has 34 heavy (non-hydrogen) atoms. The van der Waals surface area contributed by atoms with Crippen LogP contribution in [0, 0.1) is 13.8 Å². The van der Waals surface area contributed by atoms with E-state index in [1.54, 1.807) is 17.6 Å². The van der Waals surface area contributed by atoms with E-state index in [4.69, 9.17) is 4.74 Å². The summed E-state index contributed by atoms with van der Waals surface area (Å²) < 4.78 is 6.82. The second-order valence-electron chi connectivity index (χ2n) is 8.03.